The number of ether oxygens (including phenoxy) is 2. The molecule has 5 heteroatoms. The number of methoxy groups -OCH3 is 1. The molecule has 5 nitrogen and oxygen atoms in total. The Bertz CT molecular complexity index is 535. The Morgan fingerprint density at radius 3 is 2.96 bits per heavy atom. The zero-order valence-corrected chi connectivity index (χ0v) is 13.8. The standard InChI is InChI=1S/C18H26N2O3/c1-22-13-18(8-10-19-11-9-18)17(21)20-15-6-4-12-23-16-7-3-2-5-14(15)16/h2-3,5,7,15,19H,4,6,8-13H2,1H3,(H,20,21). The Hall–Kier alpha value is -1.59. The largest absolute Gasteiger partial charge is 0.493 e. The van der Waals surface area contributed by atoms with Crippen molar-refractivity contribution in [2.45, 2.75) is 31.7 Å². The van der Waals surface area contributed by atoms with Crippen molar-refractivity contribution in [2.24, 2.45) is 5.41 Å². The Labute approximate surface area is 137 Å². The SMILES string of the molecule is COCC1(C(=O)NC2CCCOc3ccccc32)CCNCC1. The van der Waals surface area contributed by atoms with Crippen LogP contribution in [0, 0.1) is 5.41 Å². The van der Waals surface area contributed by atoms with Crippen LogP contribution in [-0.2, 0) is 9.53 Å². The maximum atomic E-state index is 13.0. The lowest BCUT2D eigenvalue weighted by Crippen LogP contribution is -2.50. The third kappa shape index (κ3) is 3.51. The Morgan fingerprint density at radius 1 is 1.39 bits per heavy atom. The molecule has 1 atom stereocenters. The maximum absolute atomic E-state index is 13.0. The third-order valence-electron chi connectivity index (χ3n) is 4.96. The average Bonchev–Trinajstić information content (AvgIpc) is 2.79. The molecular weight excluding hydrogens is 292 g/mol. The van der Waals surface area contributed by atoms with E-state index in [0.29, 0.717) is 13.2 Å². The Kier molecular flexibility index (Phi) is 5.18. The number of benzene rings is 1. The van der Waals surface area contributed by atoms with E-state index in [1.807, 2.05) is 18.2 Å². The van der Waals surface area contributed by atoms with E-state index in [1.54, 1.807) is 7.11 Å². The van der Waals surface area contributed by atoms with E-state index < -0.39 is 5.41 Å². The molecule has 23 heavy (non-hydrogen) atoms. The van der Waals surface area contributed by atoms with Gasteiger partial charge < -0.3 is 20.1 Å². The molecule has 3 rings (SSSR count). The van der Waals surface area contributed by atoms with Gasteiger partial charge in [-0.3, -0.25) is 4.79 Å². The molecule has 2 aliphatic rings. The highest BCUT2D eigenvalue weighted by Gasteiger charge is 2.40. The molecule has 1 fully saturated rings. The fourth-order valence-corrected chi connectivity index (χ4v) is 3.60. The summed E-state index contributed by atoms with van der Waals surface area (Å²) in [5, 5.41) is 6.61. The van der Waals surface area contributed by atoms with Crippen molar-refractivity contribution in [1.82, 2.24) is 10.6 Å². The van der Waals surface area contributed by atoms with Gasteiger partial charge in [-0.05, 0) is 44.8 Å². The molecule has 2 heterocycles. The first-order chi connectivity index (χ1) is 11.2. The van der Waals surface area contributed by atoms with Crippen molar-refractivity contribution in [3.63, 3.8) is 0 Å². The van der Waals surface area contributed by atoms with Gasteiger partial charge in [0.1, 0.15) is 5.75 Å². The van der Waals surface area contributed by atoms with Gasteiger partial charge in [0.15, 0.2) is 0 Å². The summed E-state index contributed by atoms with van der Waals surface area (Å²) in [6.07, 6.45) is 3.48. The van der Waals surface area contributed by atoms with E-state index >= 15 is 0 Å². The van der Waals surface area contributed by atoms with E-state index in [-0.39, 0.29) is 11.9 Å². The van der Waals surface area contributed by atoms with E-state index in [0.717, 1.165) is 50.1 Å². The highest BCUT2D eigenvalue weighted by molar-refractivity contribution is 5.83. The minimum Gasteiger partial charge on any atom is -0.493 e. The van der Waals surface area contributed by atoms with Crippen LogP contribution in [0.15, 0.2) is 24.3 Å². The van der Waals surface area contributed by atoms with Gasteiger partial charge >= 0.3 is 0 Å². The number of rotatable bonds is 4. The van der Waals surface area contributed by atoms with Crippen LogP contribution in [0.5, 0.6) is 5.75 Å². The zero-order valence-electron chi connectivity index (χ0n) is 13.8. The van der Waals surface area contributed by atoms with Gasteiger partial charge in [-0.1, -0.05) is 18.2 Å². The van der Waals surface area contributed by atoms with Crippen molar-refractivity contribution in [1.29, 1.82) is 0 Å². The molecule has 126 valence electrons. The second kappa shape index (κ2) is 7.32. The normalized spacial score (nSPS) is 23.3. The lowest BCUT2D eigenvalue weighted by molar-refractivity contribution is -0.137. The topological polar surface area (TPSA) is 59.6 Å². The molecule has 0 bridgehead atoms. The number of para-hydroxylation sites is 1. The molecule has 1 unspecified atom stereocenters. The summed E-state index contributed by atoms with van der Waals surface area (Å²) in [6, 6.07) is 8.03. The van der Waals surface area contributed by atoms with Crippen LogP contribution >= 0.6 is 0 Å². The minimum atomic E-state index is -0.415. The molecular formula is C18H26N2O3. The van der Waals surface area contributed by atoms with Crippen molar-refractivity contribution >= 4 is 5.91 Å². The van der Waals surface area contributed by atoms with Crippen LogP contribution < -0.4 is 15.4 Å². The fourth-order valence-electron chi connectivity index (χ4n) is 3.60. The van der Waals surface area contributed by atoms with Gasteiger partial charge in [-0.15, -0.1) is 0 Å². The summed E-state index contributed by atoms with van der Waals surface area (Å²) < 4.78 is 11.2. The molecule has 1 amide bonds. The highest BCUT2D eigenvalue weighted by Crippen LogP contribution is 2.34. The molecule has 2 aliphatic heterocycles. The predicted octanol–water partition coefficient (Wildman–Crippen LogP) is 2.03. The van der Waals surface area contributed by atoms with E-state index in [4.69, 9.17) is 9.47 Å². The summed E-state index contributed by atoms with van der Waals surface area (Å²) in [7, 11) is 1.67. The molecule has 0 saturated carbocycles. The number of fused-ring (bicyclic) bond motifs is 1. The van der Waals surface area contributed by atoms with Gasteiger partial charge in [-0.2, -0.15) is 0 Å². The van der Waals surface area contributed by atoms with Gasteiger partial charge in [0.25, 0.3) is 0 Å². The molecule has 0 spiro atoms. The fraction of sp³-hybridized carbons (Fsp3) is 0.611. The molecule has 1 aromatic rings. The molecule has 0 radical (unpaired) electrons. The smallest absolute Gasteiger partial charge is 0.229 e. The van der Waals surface area contributed by atoms with Crippen molar-refractivity contribution < 1.29 is 14.3 Å². The number of nitrogens with one attached hydrogen (secondary N) is 2. The van der Waals surface area contributed by atoms with Crippen LogP contribution in [0.3, 0.4) is 0 Å². The summed E-state index contributed by atoms with van der Waals surface area (Å²) in [5.41, 5.74) is 0.669. The number of carbonyl (C=O) groups is 1. The van der Waals surface area contributed by atoms with E-state index in [2.05, 4.69) is 16.7 Å². The summed E-state index contributed by atoms with van der Waals surface area (Å²) in [6.45, 7) is 2.91. The number of hydrogen-bond acceptors (Lipinski definition) is 4. The quantitative estimate of drug-likeness (QED) is 0.892. The summed E-state index contributed by atoms with van der Waals surface area (Å²) in [4.78, 5) is 13.0. The third-order valence-corrected chi connectivity index (χ3v) is 4.96. The Morgan fingerprint density at radius 2 is 2.17 bits per heavy atom. The second-order valence-electron chi connectivity index (χ2n) is 6.52. The number of hydrogen-bond donors (Lipinski definition) is 2. The van der Waals surface area contributed by atoms with Crippen molar-refractivity contribution in [3.05, 3.63) is 29.8 Å². The van der Waals surface area contributed by atoms with Gasteiger partial charge in [0.2, 0.25) is 5.91 Å². The summed E-state index contributed by atoms with van der Waals surface area (Å²) >= 11 is 0. The lowest BCUT2D eigenvalue weighted by Gasteiger charge is -2.36. The molecule has 0 aromatic heterocycles. The maximum Gasteiger partial charge on any atom is 0.229 e. The second-order valence-corrected chi connectivity index (χ2v) is 6.52. The van der Waals surface area contributed by atoms with E-state index in [9.17, 15) is 4.79 Å². The summed E-state index contributed by atoms with van der Waals surface area (Å²) in [5.74, 6) is 1.00. The molecule has 2 N–H and O–H groups in total. The van der Waals surface area contributed by atoms with Crippen molar-refractivity contribution in [2.75, 3.05) is 33.4 Å². The highest BCUT2D eigenvalue weighted by atomic mass is 16.5. The minimum absolute atomic E-state index is 0.0183. The number of amides is 1. The Balaban J connectivity index is 1.78. The van der Waals surface area contributed by atoms with Crippen LogP contribution in [0.2, 0.25) is 0 Å². The number of carbonyl (C=O) groups excluding carboxylic acids is 1. The van der Waals surface area contributed by atoms with Crippen LogP contribution in [-0.4, -0.2) is 39.3 Å². The van der Waals surface area contributed by atoms with E-state index in [1.165, 1.54) is 0 Å². The number of piperidine rings is 1. The average molecular weight is 318 g/mol. The zero-order chi connectivity index (χ0) is 16.1. The van der Waals surface area contributed by atoms with Gasteiger partial charge in [-0.25, -0.2) is 0 Å². The first-order valence-corrected chi connectivity index (χ1v) is 8.47. The predicted molar refractivity (Wildman–Crippen MR) is 88.5 cm³/mol. The van der Waals surface area contributed by atoms with Crippen molar-refractivity contribution in [3.8, 4) is 5.75 Å². The van der Waals surface area contributed by atoms with Gasteiger partial charge in [0.05, 0.1) is 24.7 Å². The van der Waals surface area contributed by atoms with Crippen LogP contribution in [0.4, 0.5) is 0 Å². The molecule has 1 aromatic carbocycles. The lowest BCUT2D eigenvalue weighted by atomic mass is 9.78. The molecule has 0 aliphatic carbocycles. The van der Waals surface area contributed by atoms with Crippen LogP contribution in [0.1, 0.15) is 37.3 Å². The monoisotopic (exact) mass is 318 g/mol. The molecule has 1 saturated heterocycles. The van der Waals surface area contributed by atoms with Crippen LogP contribution in [0.25, 0.3) is 0 Å². The first kappa shape index (κ1) is 16.3. The first-order valence-electron chi connectivity index (χ1n) is 8.47. The van der Waals surface area contributed by atoms with Gasteiger partial charge in [0, 0.05) is 12.7 Å².